The van der Waals surface area contributed by atoms with Crippen LogP contribution in [0.4, 0.5) is 5.69 Å². The van der Waals surface area contributed by atoms with Gasteiger partial charge in [0.2, 0.25) is 5.91 Å². The smallest absolute Gasteiger partial charge is 0.261 e. The summed E-state index contributed by atoms with van der Waals surface area (Å²) in [5.41, 5.74) is 5.08. The molecule has 1 aliphatic rings. The van der Waals surface area contributed by atoms with E-state index in [1.54, 1.807) is 36.4 Å². The summed E-state index contributed by atoms with van der Waals surface area (Å²) in [6, 6.07) is 22.2. The molecular weight excluding hydrogens is 408 g/mol. The molecule has 1 amide bonds. The molecular formula is C25H26N2O3S. The van der Waals surface area contributed by atoms with Gasteiger partial charge in [0.15, 0.2) is 0 Å². The van der Waals surface area contributed by atoms with Gasteiger partial charge < -0.3 is 4.90 Å². The number of anilines is 1. The lowest BCUT2D eigenvalue weighted by molar-refractivity contribution is -0.132. The summed E-state index contributed by atoms with van der Waals surface area (Å²) in [6.45, 7) is 3.36. The van der Waals surface area contributed by atoms with E-state index in [1.165, 1.54) is 11.1 Å². The summed E-state index contributed by atoms with van der Waals surface area (Å²) >= 11 is 0. The first kappa shape index (κ1) is 21.1. The van der Waals surface area contributed by atoms with Crippen LogP contribution in [0.2, 0.25) is 0 Å². The monoisotopic (exact) mass is 434 g/mol. The van der Waals surface area contributed by atoms with Crippen molar-refractivity contribution < 1.29 is 13.2 Å². The molecule has 160 valence electrons. The summed E-state index contributed by atoms with van der Waals surface area (Å²) < 4.78 is 27.8. The van der Waals surface area contributed by atoms with Crippen LogP contribution in [0, 0.1) is 6.92 Å². The molecule has 6 heteroatoms. The van der Waals surface area contributed by atoms with Crippen molar-refractivity contribution in [1.82, 2.24) is 4.90 Å². The van der Waals surface area contributed by atoms with E-state index in [0.29, 0.717) is 25.1 Å². The van der Waals surface area contributed by atoms with Crippen molar-refractivity contribution in [2.75, 3.05) is 11.3 Å². The zero-order valence-corrected chi connectivity index (χ0v) is 18.4. The number of rotatable bonds is 6. The number of nitrogens with zero attached hydrogens (tertiary/aromatic N) is 1. The number of sulfonamides is 1. The van der Waals surface area contributed by atoms with Gasteiger partial charge in [-0.1, -0.05) is 54.1 Å². The first-order chi connectivity index (χ1) is 14.9. The Bertz CT molecular complexity index is 1170. The van der Waals surface area contributed by atoms with Crippen LogP contribution in [-0.4, -0.2) is 25.8 Å². The van der Waals surface area contributed by atoms with Gasteiger partial charge in [-0.3, -0.25) is 9.52 Å². The van der Waals surface area contributed by atoms with E-state index in [1.807, 2.05) is 36.1 Å². The van der Waals surface area contributed by atoms with Crippen LogP contribution in [0.3, 0.4) is 0 Å². The second-order valence-electron chi connectivity index (χ2n) is 7.95. The Morgan fingerprint density at radius 2 is 1.61 bits per heavy atom. The number of carbonyl (C=O) groups is 1. The number of amides is 1. The standard InChI is InChI=1S/C25H26N2O3S/c1-19-6-11-23(12-7-19)26-31(29,30)24-13-8-20(9-14-24)10-15-25(28)27-17-16-21-4-2-3-5-22(21)18-27/h2-9,11-14,26H,10,15-18H2,1H3. The molecule has 0 bridgehead atoms. The number of benzene rings is 3. The second-order valence-corrected chi connectivity index (χ2v) is 9.63. The third-order valence-electron chi connectivity index (χ3n) is 5.65. The third-order valence-corrected chi connectivity index (χ3v) is 7.05. The highest BCUT2D eigenvalue weighted by atomic mass is 32.2. The van der Waals surface area contributed by atoms with Gasteiger partial charge in [0, 0.05) is 25.2 Å². The Balaban J connectivity index is 1.34. The Morgan fingerprint density at radius 1 is 0.935 bits per heavy atom. The number of hydrogen-bond acceptors (Lipinski definition) is 3. The SMILES string of the molecule is Cc1ccc(NS(=O)(=O)c2ccc(CCC(=O)N3CCc4ccccc4C3)cc2)cc1. The molecule has 5 nitrogen and oxygen atoms in total. The number of hydrogen-bond donors (Lipinski definition) is 1. The van der Waals surface area contributed by atoms with E-state index in [0.717, 1.165) is 24.1 Å². The van der Waals surface area contributed by atoms with Crippen LogP contribution >= 0.6 is 0 Å². The molecule has 0 fully saturated rings. The van der Waals surface area contributed by atoms with Crippen LogP contribution in [0.1, 0.15) is 28.7 Å². The van der Waals surface area contributed by atoms with Gasteiger partial charge in [-0.05, 0) is 60.7 Å². The molecule has 4 rings (SSSR count). The molecule has 1 heterocycles. The van der Waals surface area contributed by atoms with Crippen LogP contribution in [0.15, 0.2) is 77.7 Å². The number of nitrogens with one attached hydrogen (secondary N) is 1. The van der Waals surface area contributed by atoms with Crippen LogP contribution in [0.25, 0.3) is 0 Å². The molecule has 0 aromatic heterocycles. The maximum absolute atomic E-state index is 12.7. The molecule has 0 spiro atoms. The summed E-state index contributed by atoms with van der Waals surface area (Å²) in [6.07, 6.45) is 1.89. The van der Waals surface area contributed by atoms with Crippen LogP contribution in [0.5, 0.6) is 0 Å². The highest BCUT2D eigenvalue weighted by Gasteiger charge is 2.20. The van der Waals surface area contributed by atoms with Gasteiger partial charge in [0.25, 0.3) is 10.0 Å². The van der Waals surface area contributed by atoms with Crippen molar-refractivity contribution in [2.45, 2.75) is 37.6 Å². The summed E-state index contributed by atoms with van der Waals surface area (Å²) in [4.78, 5) is 14.8. The highest BCUT2D eigenvalue weighted by molar-refractivity contribution is 7.92. The molecule has 31 heavy (non-hydrogen) atoms. The Labute approximate surface area is 183 Å². The predicted octanol–water partition coefficient (Wildman–Crippen LogP) is 4.31. The summed E-state index contributed by atoms with van der Waals surface area (Å²) in [5, 5.41) is 0. The van der Waals surface area contributed by atoms with E-state index in [2.05, 4.69) is 16.9 Å². The molecule has 0 unspecified atom stereocenters. The third kappa shape index (κ3) is 5.14. The first-order valence-corrected chi connectivity index (χ1v) is 11.9. The minimum Gasteiger partial charge on any atom is -0.338 e. The highest BCUT2D eigenvalue weighted by Crippen LogP contribution is 2.20. The van der Waals surface area contributed by atoms with Gasteiger partial charge in [-0.25, -0.2) is 8.42 Å². The quantitative estimate of drug-likeness (QED) is 0.629. The van der Waals surface area contributed by atoms with Crippen molar-refractivity contribution >= 4 is 21.6 Å². The topological polar surface area (TPSA) is 66.5 Å². The van der Waals surface area contributed by atoms with Crippen molar-refractivity contribution in [3.05, 3.63) is 95.1 Å². The number of fused-ring (bicyclic) bond motifs is 1. The minimum absolute atomic E-state index is 0.132. The minimum atomic E-state index is -3.64. The fourth-order valence-corrected chi connectivity index (χ4v) is 4.85. The lowest BCUT2D eigenvalue weighted by Gasteiger charge is -2.29. The molecule has 0 saturated heterocycles. The lowest BCUT2D eigenvalue weighted by atomic mass is 9.99. The van der Waals surface area contributed by atoms with Gasteiger partial charge in [0.1, 0.15) is 0 Å². The Hall–Kier alpha value is -3.12. The number of aryl methyl sites for hydroxylation is 2. The number of carbonyl (C=O) groups excluding carboxylic acids is 1. The molecule has 1 N–H and O–H groups in total. The average Bonchev–Trinajstić information content (AvgIpc) is 2.79. The molecule has 0 saturated carbocycles. The molecule has 0 atom stereocenters. The van der Waals surface area contributed by atoms with Crippen LogP contribution in [-0.2, 0) is 34.2 Å². The predicted molar refractivity (Wildman–Crippen MR) is 122 cm³/mol. The Morgan fingerprint density at radius 3 is 2.32 bits per heavy atom. The fraction of sp³-hybridized carbons (Fsp3) is 0.240. The molecule has 3 aromatic carbocycles. The molecule has 1 aliphatic heterocycles. The zero-order valence-electron chi connectivity index (χ0n) is 17.5. The summed E-state index contributed by atoms with van der Waals surface area (Å²) in [7, 11) is -3.64. The molecule has 3 aromatic rings. The van der Waals surface area contributed by atoms with Crippen LogP contribution < -0.4 is 4.72 Å². The first-order valence-electron chi connectivity index (χ1n) is 10.4. The van der Waals surface area contributed by atoms with E-state index in [-0.39, 0.29) is 10.8 Å². The second kappa shape index (κ2) is 8.94. The largest absolute Gasteiger partial charge is 0.338 e. The molecule has 0 radical (unpaired) electrons. The van der Waals surface area contributed by atoms with Gasteiger partial charge >= 0.3 is 0 Å². The van der Waals surface area contributed by atoms with E-state index < -0.39 is 10.0 Å². The zero-order chi connectivity index (χ0) is 21.8. The van der Waals surface area contributed by atoms with Gasteiger partial charge in [-0.2, -0.15) is 0 Å². The maximum Gasteiger partial charge on any atom is 0.261 e. The molecule has 0 aliphatic carbocycles. The van der Waals surface area contributed by atoms with Crippen molar-refractivity contribution in [1.29, 1.82) is 0 Å². The van der Waals surface area contributed by atoms with Crippen molar-refractivity contribution in [3.63, 3.8) is 0 Å². The lowest BCUT2D eigenvalue weighted by Crippen LogP contribution is -2.36. The fourth-order valence-electron chi connectivity index (χ4n) is 3.79. The van der Waals surface area contributed by atoms with Crippen molar-refractivity contribution in [2.24, 2.45) is 0 Å². The average molecular weight is 435 g/mol. The van der Waals surface area contributed by atoms with Gasteiger partial charge in [-0.15, -0.1) is 0 Å². The maximum atomic E-state index is 12.7. The van der Waals surface area contributed by atoms with E-state index in [9.17, 15) is 13.2 Å². The normalized spacial score (nSPS) is 13.5. The van der Waals surface area contributed by atoms with E-state index in [4.69, 9.17) is 0 Å². The Kier molecular flexibility index (Phi) is 6.09. The van der Waals surface area contributed by atoms with Gasteiger partial charge in [0.05, 0.1) is 4.90 Å². The van der Waals surface area contributed by atoms with E-state index >= 15 is 0 Å². The summed E-state index contributed by atoms with van der Waals surface area (Å²) in [5.74, 6) is 0.132. The van der Waals surface area contributed by atoms with Crippen molar-refractivity contribution in [3.8, 4) is 0 Å².